The van der Waals surface area contributed by atoms with Crippen LogP contribution in [0.2, 0.25) is 0 Å². The van der Waals surface area contributed by atoms with Crippen LogP contribution in [0.15, 0.2) is 36.4 Å². The van der Waals surface area contributed by atoms with E-state index in [0.717, 1.165) is 36.9 Å². The Morgan fingerprint density at radius 3 is 2.76 bits per heavy atom. The molecule has 0 radical (unpaired) electrons. The van der Waals surface area contributed by atoms with Crippen LogP contribution in [0.1, 0.15) is 54.5 Å². The number of aliphatic hydroxyl groups excluding tert-OH is 1. The summed E-state index contributed by atoms with van der Waals surface area (Å²) in [7, 11) is 0. The first-order valence-electron chi connectivity index (χ1n) is 11.5. The molecule has 0 bridgehead atoms. The Bertz CT molecular complexity index is 952. The number of rotatable bonds is 11. The summed E-state index contributed by atoms with van der Waals surface area (Å²) in [5, 5.41) is 19.5. The number of nitrogens with zero attached hydrogens (tertiary/aromatic N) is 1. The Labute approximate surface area is 194 Å². The molecule has 33 heavy (non-hydrogen) atoms. The molecular formula is C26H33F2NO4. The highest BCUT2D eigenvalue weighted by molar-refractivity contribution is 5.67. The van der Waals surface area contributed by atoms with Crippen LogP contribution in [0.4, 0.5) is 8.78 Å². The molecule has 5 nitrogen and oxygen atoms in total. The van der Waals surface area contributed by atoms with Gasteiger partial charge in [0.05, 0.1) is 18.8 Å². The summed E-state index contributed by atoms with van der Waals surface area (Å²) in [5.74, 6) is -1.55. The van der Waals surface area contributed by atoms with Crippen molar-refractivity contribution in [3.05, 3.63) is 70.3 Å². The number of likely N-dealkylation sites (tertiary alicyclic amines) is 1. The first kappa shape index (κ1) is 25.3. The number of carboxylic acid groups (broad SMARTS) is 1. The Balaban J connectivity index is 1.53. The highest BCUT2D eigenvalue weighted by atomic mass is 19.1. The lowest BCUT2D eigenvalue weighted by atomic mass is 9.99. The zero-order valence-electron chi connectivity index (χ0n) is 19.3. The number of β-amino-alcohol motifs (C(OH)–C–C–N with tert-alkyl or cyclic N) is 1. The van der Waals surface area contributed by atoms with Gasteiger partial charge in [0.15, 0.2) is 0 Å². The van der Waals surface area contributed by atoms with Crippen molar-refractivity contribution >= 4 is 5.97 Å². The lowest BCUT2D eigenvalue weighted by molar-refractivity contribution is -0.136. The summed E-state index contributed by atoms with van der Waals surface area (Å²) in [5.41, 5.74) is 2.92. The van der Waals surface area contributed by atoms with E-state index in [4.69, 9.17) is 9.84 Å². The standard InChI is InChI=1S/C26H33F2NO4/c1-17-5-6-19(13-25(17)28)12-22-4-3-11-29(22)15-23(30)16-33-18(2)24-9-8-21(27)14-20(24)7-10-26(31)32/h5-6,8-9,13-14,18,22-23,30H,3-4,7,10-12,15-16H2,1-2H3,(H,31,32)/t18-,22+,23-/m1/s1. The van der Waals surface area contributed by atoms with Gasteiger partial charge in [0, 0.05) is 19.0 Å². The molecule has 1 aliphatic heterocycles. The average molecular weight is 462 g/mol. The van der Waals surface area contributed by atoms with E-state index in [1.807, 2.05) is 13.0 Å². The van der Waals surface area contributed by atoms with Gasteiger partial charge in [-0.1, -0.05) is 18.2 Å². The summed E-state index contributed by atoms with van der Waals surface area (Å²) in [6.45, 7) is 5.01. The third-order valence-corrected chi connectivity index (χ3v) is 6.34. The zero-order valence-corrected chi connectivity index (χ0v) is 19.3. The van der Waals surface area contributed by atoms with Gasteiger partial charge in [-0.25, -0.2) is 8.78 Å². The van der Waals surface area contributed by atoms with Crippen LogP contribution >= 0.6 is 0 Å². The summed E-state index contributed by atoms with van der Waals surface area (Å²) >= 11 is 0. The van der Waals surface area contributed by atoms with Crippen LogP contribution in [0.25, 0.3) is 0 Å². The van der Waals surface area contributed by atoms with Gasteiger partial charge >= 0.3 is 5.97 Å². The minimum atomic E-state index is -0.942. The fourth-order valence-electron chi connectivity index (χ4n) is 4.50. The van der Waals surface area contributed by atoms with Crippen LogP contribution in [-0.2, 0) is 22.4 Å². The summed E-state index contributed by atoms with van der Waals surface area (Å²) in [6, 6.07) is 9.89. The number of carbonyl (C=O) groups is 1. The molecule has 2 N–H and O–H groups in total. The molecule has 2 aromatic rings. The molecule has 1 aliphatic rings. The minimum Gasteiger partial charge on any atom is -0.481 e. The molecule has 3 atom stereocenters. The molecular weight excluding hydrogens is 428 g/mol. The number of ether oxygens (including phenoxy) is 1. The Kier molecular flexibility index (Phi) is 8.95. The van der Waals surface area contributed by atoms with E-state index in [1.165, 1.54) is 12.1 Å². The lowest BCUT2D eigenvalue weighted by Crippen LogP contribution is -2.39. The molecule has 0 aromatic heterocycles. The van der Waals surface area contributed by atoms with Crippen LogP contribution in [0.3, 0.4) is 0 Å². The summed E-state index contributed by atoms with van der Waals surface area (Å²) in [6.07, 6.45) is 1.79. The largest absolute Gasteiger partial charge is 0.481 e. The average Bonchev–Trinajstić information content (AvgIpc) is 3.19. The molecule has 1 fully saturated rings. The van der Waals surface area contributed by atoms with Crippen molar-refractivity contribution in [2.24, 2.45) is 0 Å². The van der Waals surface area contributed by atoms with Gasteiger partial charge < -0.3 is 14.9 Å². The topological polar surface area (TPSA) is 70.0 Å². The number of hydrogen-bond donors (Lipinski definition) is 2. The lowest BCUT2D eigenvalue weighted by Gasteiger charge is -2.27. The van der Waals surface area contributed by atoms with E-state index in [-0.39, 0.29) is 31.3 Å². The fraction of sp³-hybridized carbons (Fsp3) is 0.500. The number of aliphatic carboxylic acids is 1. The van der Waals surface area contributed by atoms with Gasteiger partial charge in [-0.3, -0.25) is 9.69 Å². The maximum atomic E-state index is 13.9. The van der Waals surface area contributed by atoms with E-state index in [2.05, 4.69) is 4.90 Å². The monoisotopic (exact) mass is 461 g/mol. The molecule has 1 saturated heterocycles. The Hall–Kier alpha value is -2.35. The van der Waals surface area contributed by atoms with E-state index >= 15 is 0 Å². The van der Waals surface area contributed by atoms with Crippen molar-refractivity contribution < 1.29 is 28.5 Å². The fourth-order valence-corrected chi connectivity index (χ4v) is 4.50. The van der Waals surface area contributed by atoms with Crippen LogP contribution < -0.4 is 0 Å². The first-order valence-corrected chi connectivity index (χ1v) is 11.5. The smallest absolute Gasteiger partial charge is 0.303 e. The van der Waals surface area contributed by atoms with Gasteiger partial charge in [-0.15, -0.1) is 0 Å². The second kappa shape index (κ2) is 11.7. The maximum Gasteiger partial charge on any atom is 0.303 e. The Morgan fingerprint density at radius 2 is 2.03 bits per heavy atom. The zero-order chi connectivity index (χ0) is 24.0. The summed E-state index contributed by atoms with van der Waals surface area (Å²) < 4.78 is 33.4. The number of benzene rings is 2. The van der Waals surface area contributed by atoms with Crippen molar-refractivity contribution in [1.29, 1.82) is 0 Å². The summed E-state index contributed by atoms with van der Waals surface area (Å²) in [4.78, 5) is 13.1. The van der Waals surface area contributed by atoms with Gasteiger partial charge in [-0.2, -0.15) is 0 Å². The van der Waals surface area contributed by atoms with Crippen LogP contribution in [-0.4, -0.2) is 52.9 Å². The Morgan fingerprint density at radius 1 is 1.24 bits per heavy atom. The molecule has 0 aliphatic carbocycles. The normalized spacial score (nSPS) is 18.4. The predicted molar refractivity (Wildman–Crippen MR) is 122 cm³/mol. The highest BCUT2D eigenvalue weighted by Gasteiger charge is 2.27. The van der Waals surface area contributed by atoms with Gasteiger partial charge in [0.25, 0.3) is 0 Å². The SMILES string of the molecule is Cc1ccc(C[C@@H]2CCCN2C[C@@H](O)CO[C@H](C)c2ccc(F)cc2CCC(=O)O)cc1F. The first-order chi connectivity index (χ1) is 15.7. The molecule has 0 amide bonds. The van der Waals surface area contributed by atoms with Crippen LogP contribution in [0, 0.1) is 18.6 Å². The molecule has 2 aromatic carbocycles. The molecule has 0 spiro atoms. The van der Waals surface area contributed by atoms with Crippen molar-refractivity contribution in [3.63, 3.8) is 0 Å². The molecule has 3 rings (SSSR count). The van der Waals surface area contributed by atoms with Crippen LogP contribution in [0.5, 0.6) is 0 Å². The molecule has 7 heteroatoms. The minimum absolute atomic E-state index is 0.0902. The highest BCUT2D eigenvalue weighted by Crippen LogP contribution is 2.25. The second-order valence-corrected chi connectivity index (χ2v) is 8.94. The van der Waals surface area contributed by atoms with E-state index in [0.29, 0.717) is 17.7 Å². The van der Waals surface area contributed by atoms with Gasteiger partial charge in [-0.05, 0) is 86.5 Å². The number of carboxylic acids is 1. The number of halogens is 2. The van der Waals surface area contributed by atoms with Crippen molar-refractivity contribution in [3.8, 4) is 0 Å². The van der Waals surface area contributed by atoms with Crippen molar-refractivity contribution in [2.75, 3.05) is 19.7 Å². The predicted octanol–water partition coefficient (Wildman–Crippen LogP) is 4.44. The van der Waals surface area contributed by atoms with E-state index in [1.54, 1.807) is 25.1 Å². The molecule has 0 unspecified atom stereocenters. The second-order valence-electron chi connectivity index (χ2n) is 8.94. The van der Waals surface area contributed by atoms with Crippen molar-refractivity contribution in [2.45, 2.75) is 64.2 Å². The third kappa shape index (κ3) is 7.32. The number of aliphatic hydroxyl groups is 1. The molecule has 0 saturated carbocycles. The number of hydrogen-bond acceptors (Lipinski definition) is 4. The molecule has 180 valence electrons. The third-order valence-electron chi connectivity index (χ3n) is 6.34. The van der Waals surface area contributed by atoms with E-state index in [9.17, 15) is 18.7 Å². The van der Waals surface area contributed by atoms with Gasteiger partial charge in [0.2, 0.25) is 0 Å². The van der Waals surface area contributed by atoms with Gasteiger partial charge in [0.1, 0.15) is 11.6 Å². The molecule has 1 heterocycles. The number of aryl methyl sites for hydroxylation is 2. The van der Waals surface area contributed by atoms with E-state index < -0.39 is 24.0 Å². The maximum absolute atomic E-state index is 13.9. The quantitative estimate of drug-likeness (QED) is 0.518. The van der Waals surface area contributed by atoms with Crippen molar-refractivity contribution in [1.82, 2.24) is 4.90 Å².